The number of hydrogen-bond acceptors (Lipinski definition) is 3. The SMILES string of the molecule is C=C(CC(=O)Nc1ccc[nH+]c1)NNC(=O)CC. The maximum atomic E-state index is 11.6. The molecule has 0 saturated heterocycles. The number of pyridine rings is 1. The molecule has 4 N–H and O–H groups in total. The highest BCUT2D eigenvalue weighted by atomic mass is 16.2. The van der Waals surface area contributed by atoms with Gasteiger partial charge in [0.15, 0.2) is 12.4 Å². The van der Waals surface area contributed by atoms with Crippen LogP contribution in [0.15, 0.2) is 36.8 Å². The molecule has 1 aromatic heterocycles. The summed E-state index contributed by atoms with van der Waals surface area (Å²) in [6.45, 7) is 5.38. The Morgan fingerprint density at radius 1 is 1.33 bits per heavy atom. The normalized spacial score (nSPS) is 9.39. The lowest BCUT2D eigenvalue weighted by Gasteiger charge is -2.10. The average Bonchev–Trinajstić information content (AvgIpc) is 2.37. The molecule has 1 aromatic rings. The highest BCUT2D eigenvalue weighted by Gasteiger charge is 2.06. The molecular weight excluding hydrogens is 232 g/mol. The molecule has 1 rings (SSSR count). The molecular formula is C12H17N4O2+. The number of hydrogen-bond donors (Lipinski definition) is 3. The minimum absolute atomic E-state index is 0.0822. The van der Waals surface area contributed by atoms with Gasteiger partial charge in [-0.3, -0.25) is 15.0 Å². The smallest absolute Gasteiger partial charge is 0.238 e. The van der Waals surface area contributed by atoms with Crippen molar-refractivity contribution in [3.63, 3.8) is 0 Å². The van der Waals surface area contributed by atoms with Crippen LogP contribution in [0.3, 0.4) is 0 Å². The second-order valence-corrected chi connectivity index (χ2v) is 3.65. The molecule has 0 aliphatic carbocycles. The Bertz CT molecular complexity index is 431. The fourth-order valence-electron chi connectivity index (χ4n) is 1.16. The fraction of sp³-hybridized carbons (Fsp3) is 0.250. The van der Waals surface area contributed by atoms with Crippen molar-refractivity contribution in [2.75, 3.05) is 5.32 Å². The van der Waals surface area contributed by atoms with E-state index in [-0.39, 0.29) is 18.2 Å². The van der Waals surface area contributed by atoms with E-state index in [9.17, 15) is 9.59 Å². The summed E-state index contributed by atoms with van der Waals surface area (Å²) in [6.07, 6.45) is 3.87. The van der Waals surface area contributed by atoms with Crippen LogP contribution >= 0.6 is 0 Å². The average molecular weight is 249 g/mol. The number of carbonyl (C=O) groups is 2. The van der Waals surface area contributed by atoms with Gasteiger partial charge in [0.2, 0.25) is 11.8 Å². The summed E-state index contributed by atoms with van der Waals surface area (Å²) in [4.78, 5) is 25.4. The lowest BCUT2D eigenvalue weighted by molar-refractivity contribution is -0.377. The maximum Gasteiger partial charge on any atom is 0.238 e. The number of carbonyl (C=O) groups excluding carboxylic acids is 2. The zero-order valence-electron chi connectivity index (χ0n) is 10.2. The van der Waals surface area contributed by atoms with Gasteiger partial charge in [-0.2, -0.15) is 0 Å². The van der Waals surface area contributed by atoms with E-state index in [1.54, 1.807) is 31.5 Å². The van der Waals surface area contributed by atoms with Crippen LogP contribution in [0.4, 0.5) is 5.69 Å². The molecule has 0 unspecified atom stereocenters. The quantitative estimate of drug-likeness (QED) is 0.637. The van der Waals surface area contributed by atoms with E-state index in [0.29, 0.717) is 17.8 Å². The van der Waals surface area contributed by atoms with Crippen molar-refractivity contribution >= 4 is 17.5 Å². The first-order valence-corrected chi connectivity index (χ1v) is 5.60. The van der Waals surface area contributed by atoms with Gasteiger partial charge in [-0.1, -0.05) is 13.5 Å². The van der Waals surface area contributed by atoms with Crippen LogP contribution in [0.1, 0.15) is 19.8 Å². The molecule has 2 amide bonds. The largest absolute Gasteiger partial charge is 0.321 e. The second kappa shape index (κ2) is 7.05. The summed E-state index contributed by atoms with van der Waals surface area (Å²) in [6, 6.07) is 3.55. The molecule has 18 heavy (non-hydrogen) atoms. The molecule has 0 bridgehead atoms. The molecule has 6 heteroatoms. The van der Waals surface area contributed by atoms with Crippen LogP contribution in [0.5, 0.6) is 0 Å². The van der Waals surface area contributed by atoms with Gasteiger partial charge < -0.3 is 10.7 Å². The first-order chi connectivity index (χ1) is 8.61. The lowest BCUT2D eigenvalue weighted by Crippen LogP contribution is -2.36. The monoisotopic (exact) mass is 249 g/mol. The molecule has 0 aliphatic rings. The predicted molar refractivity (Wildman–Crippen MR) is 67.0 cm³/mol. The van der Waals surface area contributed by atoms with Crippen LogP contribution in [-0.4, -0.2) is 11.8 Å². The Labute approximate surface area is 105 Å². The summed E-state index contributed by atoms with van der Waals surface area (Å²) in [5.74, 6) is -0.368. The molecule has 0 fully saturated rings. The van der Waals surface area contributed by atoms with Crippen molar-refractivity contribution in [1.82, 2.24) is 10.9 Å². The third-order valence-electron chi connectivity index (χ3n) is 2.06. The third-order valence-corrected chi connectivity index (χ3v) is 2.06. The Balaban J connectivity index is 2.32. The van der Waals surface area contributed by atoms with Crippen molar-refractivity contribution in [2.24, 2.45) is 0 Å². The molecule has 0 aliphatic heterocycles. The standard InChI is InChI=1S/C12H16N4O2/c1-3-11(17)16-15-9(2)7-12(18)14-10-5-4-6-13-8-10/h4-6,8,15H,2-3,7H2,1H3,(H,14,18)(H,16,17)/p+1. The van der Waals surface area contributed by atoms with E-state index in [0.717, 1.165) is 0 Å². The number of H-pyrrole nitrogens is 1. The highest BCUT2D eigenvalue weighted by Crippen LogP contribution is 2.03. The number of hydrazine groups is 1. The topological polar surface area (TPSA) is 84.4 Å². The number of rotatable bonds is 6. The number of anilines is 1. The molecule has 0 aromatic carbocycles. The van der Waals surface area contributed by atoms with Crippen molar-refractivity contribution < 1.29 is 14.6 Å². The van der Waals surface area contributed by atoms with Crippen molar-refractivity contribution in [3.05, 3.63) is 36.8 Å². The van der Waals surface area contributed by atoms with E-state index in [4.69, 9.17) is 0 Å². The van der Waals surface area contributed by atoms with Crippen molar-refractivity contribution in [1.29, 1.82) is 0 Å². The Kier molecular flexibility index (Phi) is 5.37. The summed E-state index contributed by atoms with van der Waals surface area (Å²) >= 11 is 0. The first-order valence-electron chi connectivity index (χ1n) is 5.60. The molecule has 0 saturated carbocycles. The van der Waals surface area contributed by atoms with Gasteiger partial charge in [-0.05, 0) is 6.07 Å². The number of aromatic nitrogens is 1. The predicted octanol–water partition coefficient (Wildman–Crippen LogP) is 0.374. The number of aromatic amines is 1. The highest BCUT2D eigenvalue weighted by molar-refractivity contribution is 5.91. The Hall–Kier alpha value is -2.37. The minimum atomic E-state index is -0.210. The molecule has 96 valence electrons. The maximum absolute atomic E-state index is 11.6. The summed E-state index contributed by atoms with van der Waals surface area (Å²) in [7, 11) is 0. The van der Waals surface area contributed by atoms with E-state index in [2.05, 4.69) is 27.7 Å². The van der Waals surface area contributed by atoms with Crippen molar-refractivity contribution in [3.8, 4) is 0 Å². The van der Waals surface area contributed by atoms with Crippen molar-refractivity contribution in [2.45, 2.75) is 19.8 Å². The van der Waals surface area contributed by atoms with Gasteiger partial charge >= 0.3 is 0 Å². The van der Waals surface area contributed by atoms with E-state index < -0.39 is 0 Å². The number of amides is 2. The lowest BCUT2D eigenvalue weighted by atomic mass is 10.3. The van der Waals surface area contributed by atoms with Crippen LogP contribution < -0.4 is 21.2 Å². The molecule has 1 heterocycles. The van der Waals surface area contributed by atoms with Crippen LogP contribution in [0.2, 0.25) is 0 Å². The Morgan fingerprint density at radius 2 is 2.11 bits per heavy atom. The molecule has 0 radical (unpaired) electrons. The van der Waals surface area contributed by atoms with Gasteiger partial charge in [0, 0.05) is 18.2 Å². The zero-order chi connectivity index (χ0) is 13.4. The third kappa shape index (κ3) is 5.11. The van der Waals surface area contributed by atoms with Gasteiger partial charge in [0.05, 0.1) is 6.42 Å². The molecule has 0 spiro atoms. The summed E-state index contributed by atoms with van der Waals surface area (Å²) in [5.41, 5.74) is 6.11. The first kappa shape index (κ1) is 13.7. The zero-order valence-corrected chi connectivity index (χ0v) is 10.2. The van der Waals surface area contributed by atoms with Gasteiger partial charge in [0.1, 0.15) is 5.69 Å². The summed E-state index contributed by atoms with van der Waals surface area (Å²) in [5, 5.41) is 2.69. The Morgan fingerprint density at radius 3 is 2.72 bits per heavy atom. The van der Waals surface area contributed by atoms with Gasteiger partial charge in [-0.25, -0.2) is 4.98 Å². The van der Waals surface area contributed by atoms with E-state index in [1.165, 1.54) is 0 Å². The van der Waals surface area contributed by atoms with E-state index in [1.807, 2.05) is 0 Å². The van der Waals surface area contributed by atoms with Crippen LogP contribution in [-0.2, 0) is 9.59 Å². The molecule has 0 atom stereocenters. The number of nitrogens with one attached hydrogen (secondary N) is 4. The summed E-state index contributed by atoms with van der Waals surface area (Å²) < 4.78 is 0. The van der Waals surface area contributed by atoms with Gasteiger partial charge in [0.25, 0.3) is 0 Å². The molecule has 6 nitrogen and oxygen atoms in total. The second-order valence-electron chi connectivity index (χ2n) is 3.65. The fourth-order valence-corrected chi connectivity index (χ4v) is 1.16. The van der Waals surface area contributed by atoms with Crippen LogP contribution in [0, 0.1) is 0 Å². The minimum Gasteiger partial charge on any atom is -0.321 e. The van der Waals surface area contributed by atoms with E-state index >= 15 is 0 Å². The van der Waals surface area contributed by atoms with Crippen LogP contribution in [0.25, 0.3) is 0 Å². The van der Waals surface area contributed by atoms with Gasteiger partial charge in [-0.15, -0.1) is 0 Å².